The normalized spacial score (nSPS) is 14.8. The Hall–Kier alpha value is -3.74. The van der Waals surface area contributed by atoms with Crippen molar-refractivity contribution in [2.24, 2.45) is 0 Å². The molecule has 2 aromatic carbocycles. The van der Waals surface area contributed by atoms with Crippen molar-refractivity contribution in [3.63, 3.8) is 0 Å². The first-order chi connectivity index (χ1) is 16.6. The Kier molecular flexibility index (Phi) is 7.52. The van der Waals surface area contributed by atoms with Gasteiger partial charge in [0.25, 0.3) is 5.91 Å². The molecule has 3 aromatic rings. The lowest BCUT2D eigenvalue weighted by molar-refractivity contribution is -0.123. The molecule has 0 radical (unpaired) electrons. The minimum absolute atomic E-state index is 0.105. The van der Waals surface area contributed by atoms with Gasteiger partial charge < -0.3 is 10.1 Å². The molecule has 0 saturated heterocycles. The van der Waals surface area contributed by atoms with E-state index in [1.165, 1.54) is 29.9 Å². The van der Waals surface area contributed by atoms with E-state index in [0.29, 0.717) is 17.0 Å². The zero-order valence-electron chi connectivity index (χ0n) is 19.6. The van der Waals surface area contributed by atoms with Crippen molar-refractivity contribution in [3.8, 4) is 5.75 Å². The van der Waals surface area contributed by atoms with Gasteiger partial charge in [-0.3, -0.25) is 19.5 Å². The van der Waals surface area contributed by atoms with E-state index in [0.717, 1.165) is 31.2 Å². The molecule has 7 heteroatoms. The van der Waals surface area contributed by atoms with Crippen LogP contribution in [-0.2, 0) is 4.79 Å². The molecule has 1 saturated carbocycles. The SMILES string of the molecule is COc1ccc([C@H](C(=O)NC2CCCCC2)N(C(=O)c2cnccn2)c2ccc(C)cc2)cc1. The van der Waals surface area contributed by atoms with Gasteiger partial charge in [0.1, 0.15) is 17.5 Å². The number of hydrogen-bond donors (Lipinski definition) is 1. The average Bonchev–Trinajstić information content (AvgIpc) is 2.89. The minimum atomic E-state index is -0.884. The van der Waals surface area contributed by atoms with Gasteiger partial charge in [-0.05, 0) is 49.6 Å². The van der Waals surface area contributed by atoms with E-state index in [2.05, 4.69) is 15.3 Å². The summed E-state index contributed by atoms with van der Waals surface area (Å²) in [6.45, 7) is 1.98. The van der Waals surface area contributed by atoms with Crippen molar-refractivity contribution in [2.45, 2.75) is 51.1 Å². The molecule has 1 heterocycles. The number of aryl methyl sites for hydroxylation is 1. The van der Waals surface area contributed by atoms with Crippen LogP contribution in [0.2, 0.25) is 0 Å². The van der Waals surface area contributed by atoms with Gasteiger partial charge in [0, 0.05) is 24.1 Å². The molecule has 176 valence electrons. The Morgan fingerprint density at radius 3 is 2.32 bits per heavy atom. The fourth-order valence-corrected chi connectivity index (χ4v) is 4.35. The maximum absolute atomic E-state index is 13.8. The van der Waals surface area contributed by atoms with Crippen LogP contribution in [0.15, 0.2) is 67.1 Å². The smallest absolute Gasteiger partial charge is 0.279 e. The average molecular weight is 459 g/mol. The Morgan fingerprint density at radius 2 is 1.71 bits per heavy atom. The number of ether oxygens (including phenoxy) is 1. The summed E-state index contributed by atoms with van der Waals surface area (Å²) < 4.78 is 5.31. The van der Waals surface area contributed by atoms with Crippen molar-refractivity contribution < 1.29 is 14.3 Å². The highest BCUT2D eigenvalue weighted by Gasteiger charge is 2.35. The second-order valence-corrected chi connectivity index (χ2v) is 8.62. The van der Waals surface area contributed by atoms with Crippen molar-refractivity contribution in [3.05, 3.63) is 83.9 Å². The monoisotopic (exact) mass is 458 g/mol. The predicted octanol–water partition coefficient (Wildman–Crippen LogP) is 4.63. The highest BCUT2D eigenvalue weighted by molar-refractivity contribution is 6.09. The summed E-state index contributed by atoms with van der Waals surface area (Å²) in [6.07, 6.45) is 9.70. The number of carbonyl (C=O) groups excluding carboxylic acids is 2. The van der Waals surface area contributed by atoms with Gasteiger partial charge in [0.2, 0.25) is 5.91 Å². The van der Waals surface area contributed by atoms with E-state index in [4.69, 9.17) is 4.74 Å². The Morgan fingerprint density at radius 1 is 1.00 bits per heavy atom. The number of carbonyl (C=O) groups is 2. The minimum Gasteiger partial charge on any atom is -0.497 e. The molecule has 1 aliphatic rings. The zero-order chi connectivity index (χ0) is 23.9. The number of aromatic nitrogens is 2. The lowest BCUT2D eigenvalue weighted by Crippen LogP contribution is -2.47. The van der Waals surface area contributed by atoms with Gasteiger partial charge in [0.15, 0.2) is 0 Å². The quantitative estimate of drug-likeness (QED) is 0.558. The van der Waals surface area contributed by atoms with Gasteiger partial charge >= 0.3 is 0 Å². The summed E-state index contributed by atoms with van der Waals surface area (Å²) in [4.78, 5) is 37.4. The summed E-state index contributed by atoms with van der Waals surface area (Å²) >= 11 is 0. The van der Waals surface area contributed by atoms with Crippen molar-refractivity contribution in [1.29, 1.82) is 0 Å². The van der Waals surface area contributed by atoms with Gasteiger partial charge in [0.05, 0.1) is 13.3 Å². The van der Waals surface area contributed by atoms with E-state index < -0.39 is 11.9 Å². The van der Waals surface area contributed by atoms with E-state index in [1.54, 1.807) is 19.2 Å². The molecule has 0 aliphatic heterocycles. The van der Waals surface area contributed by atoms with Crippen LogP contribution < -0.4 is 15.0 Å². The lowest BCUT2D eigenvalue weighted by Gasteiger charge is -2.33. The summed E-state index contributed by atoms with van der Waals surface area (Å²) in [7, 11) is 1.60. The number of anilines is 1. The third-order valence-corrected chi connectivity index (χ3v) is 6.20. The number of amides is 2. The number of rotatable bonds is 7. The summed E-state index contributed by atoms with van der Waals surface area (Å²) in [5, 5.41) is 3.21. The number of hydrogen-bond acceptors (Lipinski definition) is 5. The molecule has 0 spiro atoms. The number of methoxy groups -OCH3 is 1. The van der Waals surface area contributed by atoms with Gasteiger partial charge in [-0.1, -0.05) is 49.1 Å². The van der Waals surface area contributed by atoms with Crippen molar-refractivity contribution >= 4 is 17.5 Å². The first kappa shape index (κ1) is 23.4. The summed E-state index contributed by atoms with van der Waals surface area (Å²) in [5.74, 6) is 0.0729. The summed E-state index contributed by atoms with van der Waals surface area (Å²) in [5.41, 5.74) is 2.53. The molecule has 1 aromatic heterocycles. The molecule has 0 bridgehead atoms. The van der Waals surface area contributed by atoms with Gasteiger partial charge in [-0.2, -0.15) is 0 Å². The standard InChI is InChI=1S/C27H30N4O3/c1-19-8-12-22(13-9-19)31(27(33)24-18-28-16-17-29-24)25(20-10-14-23(34-2)15-11-20)26(32)30-21-6-4-3-5-7-21/h8-18,21,25H,3-7H2,1-2H3,(H,30,32)/t25-/m1/s1. The molecule has 1 fully saturated rings. The number of benzene rings is 2. The van der Waals surface area contributed by atoms with Crippen LogP contribution in [0, 0.1) is 6.92 Å². The molecule has 2 amide bonds. The predicted molar refractivity (Wildman–Crippen MR) is 131 cm³/mol. The Labute approximate surface area is 200 Å². The van der Waals surface area contributed by atoms with Crippen LogP contribution in [0.1, 0.15) is 59.8 Å². The van der Waals surface area contributed by atoms with Crippen LogP contribution >= 0.6 is 0 Å². The number of nitrogens with one attached hydrogen (secondary N) is 1. The fraction of sp³-hybridized carbons (Fsp3) is 0.333. The van der Waals surface area contributed by atoms with Crippen molar-refractivity contribution in [1.82, 2.24) is 15.3 Å². The molecule has 34 heavy (non-hydrogen) atoms. The summed E-state index contributed by atoms with van der Waals surface area (Å²) in [6, 6.07) is 14.0. The van der Waals surface area contributed by atoms with E-state index >= 15 is 0 Å². The topological polar surface area (TPSA) is 84.4 Å². The highest BCUT2D eigenvalue weighted by Crippen LogP contribution is 2.31. The van der Waals surface area contributed by atoms with E-state index in [9.17, 15) is 9.59 Å². The van der Waals surface area contributed by atoms with Crippen molar-refractivity contribution in [2.75, 3.05) is 12.0 Å². The van der Waals surface area contributed by atoms with Gasteiger partial charge in [-0.15, -0.1) is 0 Å². The van der Waals surface area contributed by atoms with Gasteiger partial charge in [-0.25, -0.2) is 4.98 Å². The zero-order valence-corrected chi connectivity index (χ0v) is 19.6. The molecule has 1 N–H and O–H groups in total. The maximum atomic E-state index is 13.8. The largest absolute Gasteiger partial charge is 0.497 e. The molecule has 0 unspecified atom stereocenters. The lowest BCUT2D eigenvalue weighted by atomic mass is 9.94. The Bertz CT molecular complexity index is 1090. The maximum Gasteiger partial charge on any atom is 0.279 e. The molecule has 1 atom stereocenters. The third kappa shape index (κ3) is 5.42. The van der Waals surface area contributed by atoms with Crippen LogP contribution in [0.5, 0.6) is 5.75 Å². The Balaban J connectivity index is 1.79. The fourth-order valence-electron chi connectivity index (χ4n) is 4.35. The first-order valence-corrected chi connectivity index (χ1v) is 11.7. The highest BCUT2D eigenvalue weighted by atomic mass is 16.5. The van der Waals surface area contributed by atoms with Crippen LogP contribution in [-0.4, -0.2) is 34.9 Å². The first-order valence-electron chi connectivity index (χ1n) is 11.7. The number of nitrogens with zero attached hydrogens (tertiary/aromatic N) is 3. The third-order valence-electron chi connectivity index (χ3n) is 6.20. The molecular weight excluding hydrogens is 428 g/mol. The molecule has 4 rings (SSSR count). The molecule has 7 nitrogen and oxygen atoms in total. The van der Waals surface area contributed by atoms with Crippen LogP contribution in [0.25, 0.3) is 0 Å². The van der Waals surface area contributed by atoms with Crippen LogP contribution in [0.3, 0.4) is 0 Å². The van der Waals surface area contributed by atoms with E-state index in [-0.39, 0.29) is 17.6 Å². The second-order valence-electron chi connectivity index (χ2n) is 8.62. The second kappa shape index (κ2) is 10.9. The van der Waals surface area contributed by atoms with E-state index in [1.807, 2.05) is 43.3 Å². The molecule has 1 aliphatic carbocycles. The molecular formula is C27H30N4O3. The van der Waals surface area contributed by atoms with Crippen LogP contribution in [0.4, 0.5) is 5.69 Å².